The number of benzene rings is 1. The highest BCUT2D eigenvalue weighted by Crippen LogP contribution is 2.33. The number of hydrogen-bond donors (Lipinski definition) is 0. The second-order valence-corrected chi connectivity index (χ2v) is 8.46. The molecule has 1 aromatic rings. The summed E-state index contributed by atoms with van der Waals surface area (Å²) in [7, 11) is 0. The van der Waals surface area contributed by atoms with Gasteiger partial charge in [-0.3, -0.25) is 14.5 Å². The number of carbonyl (C=O) groups excluding carboxylic acids is 3. The van der Waals surface area contributed by atoms with E-state index in [2.05, 4.69) is 0 Å². The van der Waals surface area contributed by atoms with Crippen LogP contribution in [0.25, 0.3) is 0 Å². The van der Waals surface area contributed by atoms with Crippen molar-refractivity contribution < 1.29 is 28.3 Å². The second kappa shape index (κ2) is 9.21. The average molecular weight is 433 g/mol. The van der Waals surface area contributed by atoms with E-state index >= 15 is 0 Å². The number of nitrogens with zero attached hydrogens (tertiary/aromatic N) is 3. The summed E-state index contributed by atoms with van der Waals surface area (Å²) in [5.74, 6) is 0.0706. The van der Waals surface area contributed by atoms with Crippen LogP contribution < -0.4 is 9.80 Å². The highest BCUT2D eigenvalue weighted by atomic mass is 19.1. The third-order valence-electron chi connectivity index (χ3n) is 5.90. The Hall–Kier alpha value is -2.68. The van der Waals surface area contributed by atoms with E-state index in [0.29, 0.717) is 69.3 Å². The number of ether oxygens (including phenoxy) is 1. The molecule has 2 aliphatic heterocycles. The molecule has 168 valence electrons. The summed E-state index contributed by atoms with van der Waals surface area (Å²) in [4.78, 5) is 44.5. The quantitative estimate of drug-likeness (QED) is 0.658. The lowest BCUT2D eigenvalue weighted by Crippen LogP contribution is -2.34. The summed E-state index contributed by atoms with van der Waals surface area (Å²) >= 11 is 0. The minimum atomic E-state index is -0.534. The van der Waals surface area contributed by atoms with Gasteiger partial charge in [-0.15, -0.1) is 0 Å². The monoisotopic (exact) mass is 433 g/mol. The van der Waals surface area contributed by atoms with Crippen molar-refractivity contribution in [2.24, 2.45) is 5.92 Å². The lowest BCUT2D eigenvalue weighted by molar-refractivity contribution is -0.182. The van der Waals surface area contributed by atoms with Crippen LogP contribution in [-0.4, -0.2) is 61.7 Å². The van der Waals surface area contributed by atoms with E-state index in [1.807, 2.05) is 4.90 Å². The van der Waals surface area contributed by atoms with Crippen molar-refractivity contribution in [1.29, 1.82) is 0 Å². The number of rotatable bonds is 7. The van der Waals surface area contributed by atoms with E-state index in [9.17, 15) is 18.8 Å². The van der Waals surface area contributed by atoms with Crippen LogP contribution in [0.4, 0.5) is 20.6 Å². The molecule has 3 aliphatic rings. The lowest BCUT2D eigenvalue weighted by atomic mass is 10.1. The van der Waals surface area contributed by atoms with Crippen molar-refractivity contribution in [3.05, 3.63) is 24.0 Å². The van der Waals surface area contributed by atoms with Gasteiger partial charge in [-0.1, -0.05) is 0 Å². The van der Waals surface area contributed by atoms with Crippen molar-refractivity contribution in [2.75, 3.05) is 42.6 Å². The van der Waals surface area contributed by atoms with Crippen LogP contribution in [-0.2, 0) is 19.2 Å². The zero-order valence-electron chi connectivity index (χ0n) is 17.7. The molecule has 1 aromatic carbocycles. The molecule has 2 amide bonds. The second-order valence-electron chi connectivity index (χ2n) is 8.46. The first-order valence-corrected chi connectivity index (χ1v) is 10.9. The number of carbonyl (C=O) groups is 3. The summed E-state index contributed by atoms with van der Waals surface area (Å²) in [6.07, 6.45) is 2.62. The third kappa shape index (κ3) is 5.33. The number of hydroxylamine groups is 2. The minimum absolute atomic E-state index is 0.00737. The number of amides is 2. The Labute approximate surface area is 180 Å². The predicted molar refractivity (Wildman–Crippen MR) is 111 cm³/mol. The number of halogens is 1. The van der Waals surface area contributed by atoms with Crippen LogP contribution in [0.5, 0.6) is 0 Å². The molecule has 4 rings (SSSR count). The van der Waals surface area contributed by atoms with Crippen LogP contribution >= 0.6 is 0 Å². The third-order valence-corrected chi connectivity index (χ3v) is 5.90. The maximum Gasteiger partial charge on any atom is 0.414 e. The lowest BCUT2D eigenvalue weighted by Gasteiger charge is -2.24. The molecule has 1 atom stereocenters. The summed E-state index contributed by atoms with van der Waals surface area (Å²) in [5.41, 5.74) is 0.827. The van der Waals surface area contributed by atoms with Gasteiger partial charge < -0.3 is 14.4 Å². The molecular formula is C22H28FN3O5. The van der Waals surface area contributed by atoms with Crippen molar-refractivity contribution >= 4 is 29.2 Å². The van der Waals surface area contributed by atoms with Gasteiger partial charge in [0.15, 0.2) is 0 Å². The van der Waals surface area contributed by atoms with Gasteiger partial charge in [-0.25, -0.2) is 14.2 Å². The molecule has 9 heteroatoms. The molecule has 3 fully saturated rings. The predicted octanol–water partition coefficient (Wildman–Crippen LogP) is 2.90. The maximum atomic E-state index is 14.9. The molecule has 0 spiro atoms. The van der Waals surface area contributed by atoms with E-state index in [1.54, 1.807) is 12.1 Å². The largest absolute Gasteiger partial charge is 0.444 e. The van der Waals surface area contributed by atoms with E-state index in [1.165, 1.54) is 23.0 Å². The highest BCUT2D eigenvalue weighted by Gasteiger charge is 2.33. The molecule has 8 nitrogen and oxygen atoms in total. The van der Waals surface area contributed by atoms with Gasteiger partial charge in [0.2, 0.25) is 5.91 Å². The highest BCUT2D eigenvalue weighted by molar-refractivity contribution is 5.90. The van der Waals surface area contributed by atoms with Gasteiger partial charge in [0.25, 0.3) is 0 Å². The first-order chi connectivity index (χ1) is 14.9. The fourth-order valence-electron chi connectivity index (χ4n) is 3.92. The van der Waals surface area contributed by atoms with E-state index in [0.717, 1.165) is 12.8 Å². The molecule has 1 saturated carbocycles. The van der Waals surface area contributed by atoms with Gasteiger partial charge >= 0.3 is 6.09 Å². The first kappa shape index (κ1) is 21.5. The zero-order valence-corrected chi connectivity index (χ0v) is 17.7. The number of cyclic esters (lactones) is 1. The number of anilines is 2. The van der Waals surface area contributed by atoms with Gasteiger partial charge in [0, 0.05) is 25.9 Å². The molecular weight excluding hydrogens is 405 g/mol. The maximum absolute atomic E-state index is 14.9. The standard InChI is InChI=1S/C22H28FN3O5/c1-15(27)2-6-18-14-25(22(29)31-18)17-5-7-20(19(23)13-17)24-8-9-26(30-11-10-24)21(28)12-16-3-4-16/h5,7,13,16,18H,2-4,6,8-12,14H2,1H3/t18-/m0/s1. The molecule has 2 saturated heterocycles. The van der Waals surface area contributed by atoms with Gasteiger partial charge in [0.1, 0.15) is 17.7 Å². The molecule has 0 radical (unpaired) electrons. The topological polar surface area (TPSA) is 79.4 Å². The summed E-state index contributed by atoms with van der Waals surface area (Å²) in [6.45, 7) is 3.39. The van der Waals surface area contributed by atoms with Crippen molar-refractivity contribution in [3.8, 4) is 0 Å². The average Bonchev–Trinajstić information content (AvgIpc) is 3.50. The van der Waals surface area contributed by atoms with Crippen molar-refractivity contribution in [3.63, 3.8) is 0 Å². The van der Waals surface area contributed by atoms with Crippen molar-refractivity contribution in [2.45, 2.75) is 45.1 Å². The molecule has 0 N–H and O–H groups in total. The molecule has 0 bridgehead atoms. The van der Waals surface area contributed by atoms with Crippen LogP contribution in [0.3, 0.4) is 0 Å². The Bertz CT molecular complexity index is 860. The van der Waals surface area contributed by atoms with E-state index in [-0.39, 0.29) is 17.8 Å². The Morgan fingerprint density at radius 3 is 2.71 bits per heavy atom. The van der Waals surface area contributed by atoms with Gasteiger partial charge in [-0.05, 0) is 50.3 Å². The van der Waals surface area contributed by atoms with Gasteiger partial charge in [0.05, 0.1) is 31.1 Å². The SMILES string of the molecule is CC(=O)CC[C@H]1CN(c2ccc(N3CCON(C(=O)CC4CC4)CC3)c(F)c2)C(=O)O1. The van der Waals surface area contributed by atoms with E-state index in [4.69, 9.17) is 9.57 Å². The Kier molecular flexibility index (Phi) is 6.41. The van der Waals surface area contributed by atoms with Crippen LogP contribution in [0.15, 0.2) is 18.2 Å². The first-order valence-electron chi connectivity index (χ1n) is 10.9. The zero-order chi connectivity index (χ0) is 22.0. The molecule has 1 aliphatic carbocycles. The Balaban J connectivity index is 1.37. The summed E-state index contributed by atoms with van der Waals surface area (Å²) in [5, 5.41) is 1.41. The Morgan fingerprint density at radius 1 is 1.19 bits per heavy atom. The normalized spacial score (nSPS) is 21.8. The molecule has 2 heterocycles. The summed E-state index contributed by atoms with van der Waals surface area (Å²) in [6, 6.07) is 4.66. The minimum Gasteiger partial charge on any atom is -0.444 e. The summed E-state index contributed by atoms with van der Waals surface area (Å²) < 4.78 is 20.2. The molecule has 0 aromatic heterocycles. The van der Waals surface area contributed by atoms with E-state index < -0.39 is 11.9 Å². The van der Waals surface area contributed by atoms with Crippen LogP contribution in [0.2, 0.25) is 0 Å². The molecule has 0 unspecified atom stereocenters. The Morgan fingerprint density at radius 2 is 2.00 bits per heavy atom. The fraction of sp³-hybridized carbons (Fsp3) is 0.591. The fourth-order valence-corrected chi connectivity index (χ4v) is 3.92. The molecule has 31 heavy (non-hydrogen) atoms. The van der Waals surface area contributed by atoms with Crippen molar-refractivity contribution in [1.82, 2.24) is 5.06 Å². The van der Waals surface area contributed by atoms with Crippen LogP contribution in [0, 0.1) is 11.7 Å². The van der Waals surface area contributed by atoms with Gasteiger partial charge in [-0.2, -0.15) is 0 Å². The van der Waals surface area contributed by atoms with Crippen LogP contribution in [0.1, 0.15) is 39.0 Å². The number of hydrogen-bond acceptors (Lipinski definition) is 6. The smallest absolute Gasteiger partial charge is 0.414 e. The number of ketones is 1. The number of Topliss-reactive ketones (excluding diaryl/α,β-unsaturated/α-hetero) is 1.